The van der Waals surface area contributed by atoms with Crippen molar-refractivity contribution in [2.45, 2.75) is 18.9 Å². The van der Waals surface area contributed by atoms with Gasteiger partial charge in [0.25, 0.3) is 0 Å². The van der Waals surface area contributed by atoms with E-state index in [1.54, 1.807) is 0 Å². The molecule has 4 heteroatoms. The number of hydrogen-bond acceptors (Lipinski definition) is 1. The summed E-state index contributed by atoms with van der Waals surface area (Å²) in [6, 6.07) is 12.5. The third-order valence-corrected chi connectivity index (χ3v) is 4.75. The van der Waals surface area contributed by atoms with Gasteiger partial charge in [0, 0.05) is 25.3 Å². The molecule has 19 heavy (non-hydrogen) atoms. The number of nitrogens with one attached hydrogen (secondary N) is 1. The Morgan fingerprint density at radius 2 is 1.63 bits per heavy atom. The predicted octanol–water partition coefficient (Wildman–Crippen LogP) is 5.18. The van der Waals surface area contributed by atoms with Crippen LogP contribution in [0.2, 0.25) is 10.0 Å². The Balaban J connectivity index is 1.77. The van der Waals surface area contributed by atoms with Crippen LogP contribution in [0.25, 0.3) is 0 Å². The molecule has 0 aliphatic heterocycles. The zero-order valence-electron chi connectivity index (χ0n) is 10.1. The van der Waals surface area contributed by atoms with Crippen LogP contribution in [0.15, 0.2) is 36.4 Å². The SMILES string of the molecule is Clc1ccc(NC2Cc3ccc(Cl)cc3C2)c(I)c1. The largest absolute Gasteiger partial charge is 0.381 e. The maximum Gasteiger partial charge on any atom is 0.0479 e. The molecule has 3 rings (SSSR count). The van der Waals surface area contributed by atoms with Crippen molar-refractivity contribution in [3.63, 3.8) is 0 Å². The van der Waals surface area contributed by atoms with Crippen molar-refractivity contribution in [1.29, 1.82) is 0 Å². The van der Waals surface area contributed by atoms with E-state index < -0.39 is 0 Å². The molecule has 1 aliphatic rings. The van der Waals surface area contributed by atoms with E-state index in [0.29, 0.717) is 6.04 Å². The Kier molecular flexibility index (Phi) is 3.92. The summed E-state index contributed by atoms with van der Waals surface area (Å²) in [5.41, 5.74) is 3.90. The Bertz CT molecular complexity index is 628. The summed E-state index contributed by atoms with van der Waals surface area (Å²) in [5.74, 6) is 0. The van der Waals surface area contributed by atoms with Crippen LogP contribution in [0, 0.1) is 3.57 Å². The lowest BCUT2D eigenvalue weighted by Crippen LogP contribution is -2.20. The zero-order valence-corrected chi connectivity index (χ0v) is 13.8. The number of hydrogen-bond donors (Lipinski definition) is 1. The van der Waals surface area contributed by atoms with Crippen LogP contribution in [-0.4, -0.2) is 6.04 Å². The Morgan fingerprint density at radius 1 is 0.947 bits per heavy atom. The molecule has 2 aromatic rings. The van der Waals surface area contributed by atoms with Crippen molar-refractivity contribution in [2.24, 2.45) is 0 Å². The van der Waals surface area contributed by atoms with E-state index in [4.69, 9.17) is 23.2 Å². The van der Waals surface area contributed by atoms with Gasteiger partial charge in [-0.2, -0.15) is 0 Å². The van der Waals surface area contributed by atoms with E-state index in [1.807, 2.05) is 24.3 Å². The minimum absolute atomic E-state index is 0.433. The van der Waals surface area contributed by atoms with Gasteiger partial charge in [0.2, 0.25) is 0 Å². The first-order valence-electron chi connectivity index (χ1n) is 6.11. The molecule has 0 saturated heterocycles. The molecule has 98 valence electrons. The predicted molar refractivity (Wildman–Crippen MR) is 90.4 cm³/mol. The fourth-order valence-corrected chi connectivity index (χ4v) is 3.74. The van der Waals surface area contributed by atoms with Crippen LogP contribution in [0.1, 0.15) is 11.1 Å². The number of rotatable bonds is 2. The number of halogens is 3. The molecule has 0 saturated carbocycles. The van der Waals surface area contributed by atoms with E-state index in [2.05, 4.69) is 40.0 Å². The smallest absolute Gasteiger partial charge is 0.0479 e. The van der Waals surface area contributed by atoms with E-state index in [9.17, 15) is 0 Å². The summed E-state index contributed by atoms with van der Waals surface area (Å²) < 4.78 is 1.15. The van der Waals surface area contributed by atoms with Gasteiger partial charge in [-0.1, -0.05) is 29.3 Å². The Labute approximate surface area is 136 Å². The van der Waals surface area contributed by atoms with Gasteiger partial charge < -0.3 is 5.32 Å². The minimum atomic E-state index is 0.433. The maximum atomic E-state index is 6.04. The highest BCUT2D eigenvalue weighted by molar-refractivity contribution is 14.1. The maximum absolute atomic E-state index is 6.04. The highest BCUT2D eigenvalue weighted by atomic mass is 127. The summed E-state index contributed by atoms with van der Waals surface area (Å²) in [6.45, 7) is 0. The normalized spacial score (nSPS) is 17.3. The van der Waals surface area contributed by atoms with E-state index in [-0.39, 0.29) is 0 Å². The molecule has 0 bridgehead atoms. The molecule has 0 aromatic heterocycles. The molecule has 1 unspecified atom stereocenters. The van der Waals surface area contributed by atoms with Gasteiger partial charge >= 0.3 is 0 Å². The summed E-state index contributed by atoms with van der Waals surface area (Å²) in [6.07, 6.45) is 2.07. The van der Waals surface area contributed by atoms with Gasteiger partial charge in [-0.15, -0.1) is 0 Å². The molecule has 0 spiro atoms. The first-order chi connectivity index (χ1) is 9.11. The van der Waals surface area contributed by atoms with E-state index in [0.717, 1.165) is 32.1 Å². The third kappa shape index (κ3) is 3.01. The fourth-order valence-electron chi connectivity index (χ4n) is 2.52. The van der Waals surface area contributed by atoms with Crippen LogP contribution in [-0.2, 0) is 12.8 Å². The third-order valence-electron chi connectivity index (χ3n) is 3.39. The second-order valence-electron chi connectivity index (χ2n) is 4.79. The number of fused-ring (bicyclic) bond motifs is 1. The van der Waals surface area contributed by atoms with Gasteiger partial charge in [0.15, 0.2) is 0 Å². The molecule has 2 aromatic carbocycles. The zero-order chi connectivity index (χ0) is 13.4. The van der Waals surface area contributed by atoms with Gasteiger partial charge in [-0.25, -0.2) is 0 Å². The average molecular weight is 404 g/mol. The Hall–Kier alpha value is -0.450. The van der Waals surface area contributed by atoms with Gasteiger partial charge in [0.05, 0.1) is 0 Å². The fraction of sp³-hybridized carbons (Fsp3) is 0.200. The van der Waals surface area contributed by atoms with Gasteiger partial charge in [0.1, 0.15) is 0 Å². The van der Waals surface area contributed by atoms with Crippen molar-refractivity contribution in [1.82, 2.24) is 0 Å². The quantitative estimate of drug-likeness (QED) is 0.681. The van der Waals surface area contributed by atoms with Crippen molar-refractivity contribution in [3.8, 4) is 0 Å². The van der Waals surface area contributed by atoms with Crippen molar-refractivity contribution >= 4 is 51.5 Å². The molecule has 0 radical (unpaired) electrons. The lowest BCUT2D eigenvalue weighted by Gasteiger charge is -2.15. The van der Waals surface area contributed by atoms with Gasteiger partial charge in [-0.3, -0.25) is 0 Å². The van der Waals surface area contributed by atoms with Gasteiger partial charge in [-0.05, 0) is 76.9 Å². The van der Waals surface area contributed by atoms with Crippen LogP contribution in [0.5, 0.6) is 0 Å². The van der Waals surface area contributed by atoms with Crippen LogP contribution < -0.4 is 5.32 Å². The summed E-state index contributed by atoms with van der Waals surface area (Å²) in [7, 11) is 0. The molecule has 0 fully saturated rings. The first kappa shape index (κ1) is 13.5. The first-order valence-corrected chi connectivity index (χ1v) is 7.94. The van der Waals surface area contributed by atoms with E-state index >= 15 is 0 Å². The lowest BCUT2D eigenvalue weighted by atomic mass is 10.1. The van der Waals surface area contributed by atoms with E-state index in [1.165, 1.54) is 11.1 Å². The summed E-state index contributed by atoms with van der Waals surface area (Å²) >= 11 is 14.3. The Morgan fingerprint density at radius 3 is 2.42 bits per heavy atom. The van der Waals surface area contributed by atoms with Crippen LogP contribution in [0.3, 0.4) is 0 Å². The molecular formula is C15H12Cl2IN. The summed E-state index contributed by atoms with van der Waals surface area (Å²) in [4.78, 5) is 0. The number of benzene rings is 2. The molecule has 1 atom stereocenters. The average Bonchev–Trinajstić information content (AvgIpc) is 2.74. The standard InChI is InChI=1S/C15H12Cl2IN/c16-11-2-1-9-6-13(7-10(9)5-11)19-15-4-3-12(17)8-14(15)18/h1-5,8,13,19H,6-7H2. The molecule has 1 N–H and O–H groups in total. The lowest BCUT2D eigenvalue weighted by molar-refractivity contribution is 0.773. The second-order valence-corrected chi connectivity index (χ2v) is 6.82. The highest BCUT2D eigenvalue weighted by Crippen LogP contribution is 2.29. The molecule has 1 aliphatic carbocycles. The monoisotopic (exact) mass is 403 g/mol. The topological polar surface area (TPSA) is 12.0 Å². The molecule has 0 amide bonds. The number of anilines is 1. The summed E-state index contributed by atoms with van der Waals surface area (Å²) in [5, 5.41) is 5.19. The van der Waals surface area contributed by atoms with Crippen LogP contribution in [0.4, 0.5) is 5.69 Å². The van der Waals surface area contributed by atoms with Crippen molar-refractivity contribution in [2.75, 3.05) is 5.32 Å². The molecule has 1 nitrogen and oxygen atoms in total. The molecular weight excluding hydrogens is 392 g/mol. The second kappa shape index (κ2) is 5.51. The van der Waals surface area contributed by atoms with Crippen molar-refractivity contribution in [3.05, 3.63) is 61.1 Å². The van der Waals surface area contributed by atoms with Crippen LogP contribution >= 0.6 is 45.8 Å². The molecule has 0 heterocycles. The minimum Gasteiger partial charge on any atom is -0.381 e. The highest BCUT2D eigenvalue weighted by Gasteiger charge is 2.21. The van der Waals surface area contributed by atoms with Crippen molar-refractivity contribution < 1.29 is 0 Å².